The monoisotopic (exact) mass is 200 g/mol. The molecule has 7 nitrogen and oxygen atoms in total. The molecule has 0 aromatic carbocycles. The third-order valence-electron chi connectivity index (χ3n) is 0.907. The van der Waals surface area contributed by atoms with Crippen LogP contribution in [0.25, 0.3) is 0 Å². The predicted octanol–water partition coefficient (Wildman–Crippen LogP) is -0.488. The third kappa shape index (κ3) is 3.38. The maximum Gasteiger partial charge on any atom is 0.328 e. The van der Waals surface area contributed by atoms with Gasteiger partial charge in [0.1, 0.15) is 0 Å². The number of carbonyl (C=O) groups excluding carboxylic acids is 1. The molecule has 1 aromatic heterocycles. The Morgan fingerprint density at radius 1 is 1.46 bits per heavy atom. The van der Waals surface area contributed by atoms with Crippen LogP contribution in [0.15, 0.2) is 12.2 Å². The molecule has 1 rings (SSSR count). The summed E-state index contributed by atoms with van der Waals surface area (Å²) >= 11 is 0.900. The lowest BCUT2D eigenvalue weighted by atomic mass is 10.5. The fourth-order valence-corrected chi connectivity index (χ4v) is 0.846. The number of hydrogen-bond acceptors (Lipinski definition) is 6. The van der Waals surface area contributed by atoms with Gasteiger partial charge in [0.2, 0.25) is 11.0 Å². The summed E-state index contributed by atoms with van der Waals surface area (Å²) in [7, 11) is 0. The Balaban J connectivity index is 2.47. The normalized spacial score (nSPS) is 10.2. The molecule has 2 N–H and O–H groups in total. The number of amides is 1. The summed E-state index contributed by atoms with van der Waals surface area (Å²) in [5.74, 6) is -1.77. The van der Waals surface area contributed by atoms with Gasteiger partial charge in [0.15, 0.2) is 0 Å². The van der Waals surface area contributed by atoms with Crippen molar-refractivity contribution in [3.05, 3.63) is 12.2 Å². The van der Waals surface area contributed by atoms with E-state index in [1.165, 1.54) is 0 Å². The van der Waals surface area contributed by atoms with Gasteiger partial charge in [0.25, 0.3) is 0 Å². The van der Waals surface area contributed by atoms with E-state index in [1.54, 1.807) is 0 Å². The van der Waals surface area contributed by atoms with Gasteiger partial charge in [-0.05, 0) is 5.21 Å². The molecule has 0 atom stereocenters. The number of hydrogen-bond donors (Lipinski definition) is 2. The molecule has 8 heteroatoms. The van der Waals surface area contributed by atoms with Gasteiger partial charge in [0.05, 0.1) is 0 Å². The highest BCUT2D eigenvalue weighted by Gasteiger charge is 2.01. The second-order valence-corrected chi connectivity index (χ2v) is 2.56. The molecule has 0 fully saturated rings. The Kier molecular flexibility index (Phi) is 3.03. The Bertz CT molecular complexity index is 334. The van der Waals surface area contributed by atoms with Crippen LogP contribution in [0.1, 0.15) is 0 Å². The van der Waals surface area contributed by atoms with Gasteiger partial charge in [-0.25, -0.2) is 4.79 Å². The Morgan fingerprint density at radius 3 is 2.77 bits per heavy atom. The first-order valence-corrected chi connectivity index (χ1v) is 3.83. The summed E-state index contributed by atoms with van der Waals surface area (Å²) in [6, 6.07) is 0. The SMILES string of the molecule is O=C(O)/C=C\C(=O)Nc1nnns1. The lowest BCUT2D eigenvalue weighted by Crippen LogP contribution is -2.08. The number of rotatable bonds is 3. The minimum absolute atomic E-state index is 0.222. The largest absolute Gasteiger partial charge is 0.478 e. The van der Waals surface area contributed by atoms with E-state index in [9.17, 15) is 9.59 Å². The van der Waals surface area contributed by atoms with Crippen LogP contribution in [0, 0.1) is 0 Å². The van der Waals surface area contributed by atoms with Crippen LogP contribution in [0.4, 0.5) is 5.13 Å². The number of nitrogens with zero attached hydrogens (tertiary/aromatic N) is 3. The maximum absolute atomic E-state index is 10.9. The summed E-state index contributed by atoms with van der Waals surface area (Å²) in [6.45, 7) is 0. The smallest absolute Gasteiger partial charge is 0.328 e. The van der Waals surface area contributed by atoms with Gasteiger partial charge in [-0.15, -0.1) is 0 Å². The van der Waals surface area contributed by atoms with Crippen molar-refractivity contribution < 1.29 is 14.7 Å². The average Bonchev–Trinajstić information content (AvgIpc) is 2.53. The molecule has 0 aliphatic carbocycles. The van der Waals surface area contributed by atoms with Gasteiger partial charge in [0, 0.05) is 23.7 Å². The lowest BCUT2D eigenvalue weighted by molar-refractivity contribution is -0.131. The van der Waals surface area contributed by atoms with Crippen LogP contribution in [-0.4, -0.2) is 31.8 Å². The van der Waals surface area contributed by atoms with Crippen LogP contribution in [0.2, 0.25) is 0 Å². The first-order chi connectivity index (χ1) is 6.18. The first kappa shape index (κ1) is 9.26. The minimum Gasteiger partial charge on any atom is -0.478 e. The van der Waals surface area contributed by atoms with Gasteiger partial charge < -0.3 is 5.11 Å². The van der Waals surface area contributed by atoms with Crippen molar-refractivity contribution in [2.75, 3.05) is 5.32 Å². The van der Waals surface area contributed by atoms with Gasteiger partial charge in [-0.2, -0.15) is 0 Å². The molecule has 1 heterocycles. The molecule has 0 saturated heterocycles. The summed E-state index contributed by atoms with van der Waals surface area (Å²) in [4.78, 5) is 20.9. The van der Waals surface area contributed by atoms with E-state index in [4.69, 9.17) is 5.11 Å². The summed E-state index contributed by atoms with van der Waals surface area (Å²) in [5, 5.41) is 17.3. The van der Waals surface area contributed by atoms with E-state index in [1.807, 2.05) is 0 Å². The number of aliphatic carboxylic acids is 1. The second kappa shape index (κ2) is 4.26. The molecule has 1 aromatic rings. The second-order valence-electron chi connectivity index (χ2n) is 1.83. The number of carboxylic acids is 1. The van der Waals surface area contributed by atoms with E-state index in [-0.39, 0.29) is 5.13 Å². The average molecular weight is 200 g/mol. The fourth-order valence-electron chi connectivity index (χ4n) is 0.476. The van der Waals surface area contributed by atoms with Crippen LogP contribution in [0.5, 0.6) is 0 Å². The highest BCUT2D eigenvalue weighted by molar-refractivity contribution is 7.09. The third-order valence-corrected chi connectivity index (χ3v) is 1.42. The number of nitrogens with one attached hydrogen (secondary N) is 1. The molecule has 0 aliphatic heterocycles. The molecule has 0 radical (unpaired) electrons. The fraction of sp³-hybridized carbons (Fsp3) is 0. The molecule has 0 unspecified atom stereocenters. The molecule has 0 spiro atoms. The van der Waals surface area contributed by atoms with E-state index in [0.29, 0.717) is 0 Å². The highest BCUT2D eigenvalue weighted by Crippen LogP contribution is 2.03. The molecule has 13 heavy (non-hydrogen) atoms. The number of carbonyl (C=O) groups is 2. The number of aromatic nitrogens is 3. The highest BCUT2D eigenvalue weighted by atomic mass is 32.1. The first-order valence-electron chi connectivity index (χ1n) is 3.05. The maximum atomic E-state index is 10.9. The van der Waals surface area contributed by atoms with Crippen molar-refractivity contribution >= 4 is 28.5 Å². The standard InChI is InChI=1S/C5H4N4O3S/c10-3(1-2-4(11)12)6-5-7-8-9-13-5/h1-2H,(H,11,12)(H,6,7,9,10)/b2-1-. The minimum atomic E-state index is -1.19. The zero-order valence-electron chi connectivity index (χ0n) is 6.17. The number of carboxylic acid groups (broad SMARTS) is 1. The van der Waals surface area contributed by atoms with Crippen molar-refractivity contribution in [2.45, 2.75) is 0 Å². The Morgan fingerprint density at radius 2 is 2.23 bits per heavy atom. The van der Waals surface area contributed by atoms with Crippen molar-refractivity contribution in [1.29, 1.82) is 0 Å². The zero-order valence-corrected chi connectivity index (χ0v) is 6.98. The van der Waals surface area contributed by atoms with E-state index < -0.39 is 11.9 Å². The summed E-state index contributed by atoms with van der Waals surface area (Å²) < 4.78 is 3.40. The number of anilines is 1. The molecular weight excluding hydrogens is 196 g/mol. The molecule has 0 aliphatic rings. The van der Waals surface area contributed by atoms with Crippen molar-refractivity contribution in [3.63, 3.8) is 0 Å². The van der Waals surface area contributed by atoms with Crippen LogP contribution >= 0.6 is 11.5 Å². The van der Waals surface area contributed by atoms with E-state index >= 15 is 0 Å². The molecule has 0 bridgehead atoms. The van der Waals surface area contributed by atoms with Crippen LogP contribution < -0.4 is 5.32 Å². The Labute approximate surface area is 76.2 Å². The molecule has 68 valence electrons. The molecular formula is C5H4N4O3S. The van der Waals surface area contributed by atoms with Gasteiger partial charge in [-0.1, -0.05) is 9.59 Å². The van der Waals surface area contributed by atoms with Gasteiger partial charge in [-0.3, -0.25) is 10.1 Å². The molecule has 0 saturated carbocycles. The topological polar surface area (TPSA) is 105 Å². The summed E-state index contributed by atoms with van der Waals surface area (Å²) in [6.07, 6.45) is 1.60. The van der Waals surface area contributed by atoms with Gasteiger partial charge >= 0.3 is 5.97 Å². The van der Waals surface area contributed by atoms with E-state index in [2.05, 4.69) is 20.1 Å². The van der Waals surface area contributed by atoms with Crippen molar-refractivity contribution in [3.8, 4) is 0 Å². The lowest BCUT2D eigenvalue weighted by Gasteiger charge is -1.91. The Hall–Kier alpha value is -1.83. The molecule has 1 amide bonds. The summed E-state index contributed by atoms with van der Waals surface area (Å²) in [5.41, 5.74) is 0. The van der Waals surface area contributed by atoms with Crippen molar-refractivity contribution in [1.82, 2.24) is 14.8 Å². The van der Waals surface area contributed by atoms with E-state index in [0.717, 1.165) is 23.7 Å². The van der Waals surface area contributed by atoms with Crippen molar-refractivity contribution in [2.24, 2.45) is 0 Å². The quantitative estimate of drug-likeness (QED) is 0.638. The predicted molar refractivity (Wildman–Crippen MR) is 43.1 cm³/mol. The van der Waals surface area contributed by atoms with Crippen LogP contribution in [-0.2, 0) is 9.59 Å². The van der Waals surface area contributed by atoms with Crippen LogP contribution in [0.3, 0.4) is 0 Å². The zero-order chi connectivity index (χ0) is 9.68.